The van der Waals surface area contributed by atoms with E-state index in [1.54, 1.807) is 4.90 Å². The van der Waals surface area contributed by atoms with Crippen LogP contribution in [0.5, 0.6) is 5.75 Å². The number of methoxy groups -OCH3 is 2. The van der Waals surface area contributed by atoms with Gasteiger partial charge in [0.15, 0.2) is 5.78 Å². The summed E-state index contributed by atoms with van der Waals surface area (Å²) in [6, 6.07) is 22.2. The van der Waals surface area contributed by atoms with E-state index in [9.17, 15) is 19.2 Å². The van der Waals surface area contributed by atoms with Crippen LogP contribution in [0.3, 0.4) is 0 Å². The second-order valence-electron chi connectivity index (χ2n) is 17.4. The number of aliphatic imine (C=N–C) groups is 1. The van der Waals surface area contributed by atoms with Crippen molar-refractivity contribution in [2.75, 3.05) is 27.4 Å². The van der Waals surface area contributed by atoms with Gasteiger partial charge in [-0.3, -0.25) is 14.6 Å². The molecule has 4 aromatic carbocycles. The number of carbonyl (C=O) groups excluding carboxylic acids is 4. The Labute approximate surface area is 372 Å². The normalized spacial score (nSPS) is 20.7. The van der Waals surface area contributed by atoms with Crippen LogP contribution in [0.4, 0.5) is 15.3 Å². The van der Waals surface area contributed by atoms with Gasteiger partial charge in [-0.25, -0.2) is 14.6 Å². The SMILES string of the molecule is CCO[C@@H]1CC(C(=O)[C@@H](NC(=O)OC)C(C)C)[C@H](C2=Nc3ccc4cc5c(cc4c3C2)OCc2cc(-c3cnc([C@@H]4CCCN4C(=O)[C@H](NC(=O)OC)c4ccccc4)[nH]3)ccc2-5)C1. The third kappa shape index (κ3) is 8.10. The van der Waals surface area contributed by atoms with Crippen LogP contribution in [0.15, 0.2) is 84.0 Å². The fraction of sp³-hybridized carbons (Fsp3) is 0.400. The van der Waals surface area contributed by atoms with Gasteiger partial charge in [0.05, 0.1) is 50.0 Å². The number of nitrogens with one attached hydrogen (secondary N) is 3. The van der Waals surface area contributed by atoms with Crippen LogP contribution in [0.1, 0.15) is 81.1 Å². The van der Waals surface area contributed by atoms with Gasteiger partial charge in [0, 0.05) is 42.7 Å². The quantitative estimate of drug-likeness (QED) is 0.111. The van der Waals surface area contributed by atoms with E-state index in [0.29, 0.717) is 50.4 Å². The lowest BCUT2D eigenvalue weighted by Gasteiger charge is -2.28. The monoisotopic (exact) mass is 866 g/mol. The Morgan fingerprint density at radius 2 is 1.73 bits per heavy atom. The molecule has 4 aliphatic rings. The summed E-state index contributed by atoms with van der Waals surface area (Å²) in [7, 11) is 2.59. The molecule has 3 aliphatic heterocycles. The van der Waals surface area contributed by atoms with Gasteiger partial charge in [-0.2, -0.15) is 0 Å². The van der Waals surface area contributed by atoms with Crippen LogP contribution in [-0.4, -0.2) is 84.0 Å². The molecule has 14 heteroatoms. The number of carbonyl (C=O) groups is 4. The van der Waals surface area contributed by atoms with Crippen LogP contribution in [0.2, 0.25) is 0 Å². The number of amides is 3. The molecule has 3 amide bonds. The van der Waals surface area contributed by atoms with Crippen LogP contribution in [0, 0.1) is 17.8 Å². The van der Waals surface area contributed by atoms with Crippen molar-refractivity contribution in [2.45, 2.75) is 83.7 Å². The highest BCUT2D eigenvalue weighted by atomic mass is 16.5. The van der Waals surface area contributed by atoms with Gasteiger partial charge in [-0.15, -0.1) is 0 Å². The van der Waals surface area contributed by atoms with Crippen molar-refractivity contribution < 1.29 is 38.1 Å². The molecule has 14 nitrogen and oxygen atoms in total. The van der Waals surface area contributed by atoms with Crippen molar-refractivity contribution in [2.24, 2.45) is 22.7 Å². The van der Waals surface area contributed by atoms with E-state index < -0.39 is 24.3 Å². The van der Waals surface area contributed by atoms with Gasteiger partial charge in [0.2, 0.25) is 0 Å². The van der Waals surface area contributed by atoms with Crippen LogP contribution >= 0.6 is 0 Å². The first-order valence-electron chi connectivity index (χ1n) is 22.2. The highest BCUT2D eigenvalue weighted by Crippen LogP contribution is 2.47. The summed E-state index contributed by atoms with van der Waals surface area (Å²) >= 11 is 0. The summed E-state index contributed by atoms with van der Waals surface area (Å²) in [4.78, 5) is 68.0. The molecule has 1 saturated heterocycles. The van der Waals surface area contributed by atoms with Crippen molar-refractivity contribution >= 4 is 46.0 Å². The largest absolute Gasteiger partial charge is 0.488 e. The third-order valence-electron chi connectivity index (χ3n) is 13.3. The maximum atomic E-state index is 14.2. The zero-order valence-corrected chi connectivity index (χ0v) is 36.8. The molecule has 0 spiro atoms. The fourth-order valence-electron chi connectivity index (χ4n) is 10.2. The molecule has 6 atom stereocenters. The molecule has 2 fully saturated rings. The van der Waals surface area contributed by atoms with Gasteiger partial charge in [0.1, 0.15) is 24.2 Å². The lowest BCUT2D eigenvalue weighted by molar-refractivity contribution is -0.134. The Hall–Kier alpha value is -6.54. The summed E-state index contributed by atoms with van der Waals surface area (Å²) in [5.74, 6) is 0.691. The highest BCUT2D eigenvalue weighted by molar-refractivity contribution is 6.06. The highest BCUT2D eigenvalue weighted by Gasteiger charge is 2.46. The summed E-state index contributed by atoms with van der Waals surface area (Å²) < 4.78 is 22.3. The van der Waals surface area contributed by atoms with Gasteiger partial charge in [-0.1, -0.05) is 62.4 Å². The van der Waals surface area contributed by atoms with Crippen LogP contribution in [0.25, 0.3) is 33.2 Å². The number of H-pyrrole nitrogens is 1. The van der Waals surface area contributed by atoms with Gasteiger partial charge in [-0.05, 0) is 101 Å². The number of ketones is 1. The Balaban J connectivity index is 0.937. The van der Waals surface area contributed by atoms with Crippen LogP contribution in [-0.2, 0) is 36.8 Å². The number of ether oxygens (including phenoxy) is 4. The number of hydrogen-bond donors (Lipinski definition) is 3. The Morgan fingerprint density at radius 3 is 2.50 bits per heavy atom. The molecule has 1 unspecified atom stereocenters. The van der Waals surface area contributed by atoms with E-state index in [1.807, 2.05) is 57.3 Å². The molecule has 4 heterocycles. The second kappa shape index (κ2) is 17.9. The number of Topliss-reactive ketones (excluding diaryl/α,β-unsaturated/α-hetero) is 1. The molecule has 3 N–H and O–H groups in total. The van der Waals surface area contributed by atoms with Gasteiger partial charge < -0.3 is 39.5 Å². The van der Waals surface area contributed by atoms with E-state index in [2.05, 4.69) is 58.1 Å². The number of fused-ring (bicyclic) bond motifs is 6. The Bertz CT molecular complexity index is 2640. The standard InChI is InChI=1S/C50H54N6O8/c1-6-63-32-21-35(38(22-32)46(57)44(27(2)3)54-49(59)61-4)40-23-36-34-24-43-37(20-29(34)15-17-39(36)52-40)33-16-14-30(19-31(33)26-64-43)41-25-51-47(53-41)42-13-10-18-56(42)48(58)45(55-50(60)62-5)28-11-8-7-9-12-28/h7-9,11-12,14-17,19-20,24-25,27,32,35,38,42,44-45H,6,10,13,18,21-23,26H2,1-5H3,(H,51,53)(H,54,59)(H,55,60)/t32-,35+,38?,42-,44-,45+/m0/s1. The average Bonchev–Trinajstić information content (AvgIpc) is 4.15. The van der Waals surface area contributed by atoms with E-state index in [4.69, 9.17) is 28.9 Å². The molecule has 332 valence electrons. The summed E-state index contributed by atoms with van der Waals surface area (Å²) in [6.45, 7) is 7.32. The predicted molar refractivity (Wildman–Crippen MR) is 241 cm³/mol. The molecule has 1 aliphatic carbocycles. The van der Waals surface area contributed by atoms with E-state index in [-0.39, 0.29) is 41.6 Å². The van der Waals surface area contributed by atoms with Crippen molar-refractivity contribution in [1.82, 2.24) is 25.5 Å². The summed E-state index contributed by atoms with van der Waals surface area (Å²) in [5.41, 5.74) is 8.61. The maximum absolute atomic E-state index is 14.2. The number of rotatable bonds is 12. The first-order chi connectivity index (χ1) is 31.0. The number of nitrogens with zero attached hydrogens (tertiary/aromatic N) is 3. The van der Waals surface area contributed by atoms with E-state index in [0.717, 1.165) is 74.3 Å². The number of hydrogen-bond acceptors (Lipinski definition) is 10. The maximum Gasteiger partial charge on any atom is 0.407 e. The average molecular weight is 867 g/mol. The molecule has 0 radical (unpaired) electrons. The first-order valence-corrected chi connectivity index (χ1v) is 22.2. The summed E-state index contributed by atoms with van der Waals surface area (Å²) in [5, 5.41) is 7.66. The number of likely N-dealkylation sites (tertiary alicyclic amines) is 1. The minimum absolute atomic E-state index is 0.00982. The van der Waals surface area contributed by atoms with Crippen LogP contribution < -0.4 is 15.4 Å². The number of aromatic nitrogens is 2. The number of benzene rings is 4. The molecule has 0 bridgehead atoms. The first kappa shape index (κ1) is 42.7. The Kier molecular flexibility index (Phi) is 12.0. The minimum atomic E-state index is -0.895. The Morgan fingerprint density at radius 1 is 0.938 bits per heavy atom. The molecule has 1 saturated carbocycles. The minimum Gasteiger partial charge on any atom is -0.488 e. The lowest BCUT2D eigenvalue weighted by atomic mass is 9.81. The third-order valence-corrected chi connectivity index (χ3v) is 13.3. The molecule has 9 rings (SSSR count). The van der Waals surface area contributed by atoms with Gasteiger partial charge in [0.25, 0.3) is 5.91 Å². The summed E-state index contributed by atoms with van der Waals surface area (Å²) in [6.07, 6.45) is 3.88. The number of imidazole rings is 1. The number of alkyl carbamates (subject to hydrolysis) is 2. The van der Waals surface area contributed by atoms with Gasteiger partial charge >= 0.3 is 12.2 Å². The lowest BCUT2D eigenvalue weighted by Crippen LogP contribution is -2.48. The number of aromatic amines is 1. The molecule has 1 aromatic heterocycles. The molecular formula is C50H54N6O8. The molecule has 5 aromatic rings. The van der Waals surface area contributed by atoms with Crippen molar-refractivity contribution in [1.29, 1.82) is 0 Å². The zero-order valence-electron chi connectivity index (χ0n) is 36.8. The molecular weight excluding hydrogens is 813 g/mol. The predicted octanol–water partition coefficient (Wildman–Crippen LogP) is 8.56. The van der Waals surface area contributed by atoms with E-state index >= 15 is 0 Å². The zero-order chi connectivity index (χ0) is 44.6. The molecule has 64 heavy (non-hydrogen) atoms. The van der Waals surface area contributed by atoms with E-state index in [1.165, 1.54) is 14.2 Å². The van der Waals surface area contributed by atoms with Crippen molar-refractivity contribution in [3.63, 3.8) is 0 Å². The topological polar surface area (TPSA) is 174 Å². The van der Waals surface area contributed by atoms with Crippen molar-refractivity contribution in [3.8, 4) is 28.1 Å². The fourth-order valence-corrected chi connectivity index (χ4v) is 10.2. The second-order valence-corrected chi connectivity index (χ2v) is 17.4. The smallest absolute Gasteiger partial charge is 0.407 e. The van der Waals surface area contributed by atoms with Crippen molar-refractivity contribution in [3.05, 3.63) is 102 Å².